The average Bonchev–Trinajstić information content (AvgIpc) is 2.49. The molecular formula is C10H17N5. The first-order chi connectivity index (χ1) is 7.06. The van der Waals surface area contributed by atoms with Gasteiger partial charge in [0, 0.05) is 21.1 Å². The topological polar surface area (TPSA) is 59.4 Å². The second kappa shape index (κ2) is 4.63. The highest BCUT2D eigenvalue weighted by Gasteiger charge is 2.01. The molecule has 1 aromatic rings. The molecule has 0 saturated carbocycles. The summed E-state index contributed by atoms with van der Waals surface area (Å²) in [5.41, 5.74) is 6.48. The summed E-state index contributed by atoms with van der Waals surface area (Å²) in [6.07, 6.45) is 5.27. The summed E-state index contributed by atoms with van der Waals surface area (Å²) in [4.78, 5) is 10.3. The molecule has 0 fully saturated rings. The van der Waals surface area contributed by atoms with Crippen molar-refractivity contribution >= 4 is 12.0 Å². The Morgan fingerprint density at radius 2 is 2.27 bits per heavy atom. The van der Waals surface area contributed by atoms with Gasteiger partial charge in [0.25, 0.3) is 0 Å². The summed E-state index contributed by atoms with van der Waals surface area (Å²) in [7, 11) is 5.73. The van der Waals surface area contributed by atoms with E-state index in [4.69, 9.17) is 5.73 Å². The molecule has 0 unspecified atom stereocenters. The molecule has 0 aliphatic carbocycles. The minimum Gasteiger partial charge on any atom is -0.383 e. The van der Waals surface area contributed by atoms with E-state index in [1.807, 2.05) is 39.0 Å². The Balaban J connectivity index is 2.86. The molecule has 2 N–H and O–H groups in total. The zero-order valence-electron chi connectivity index (χ0n) is 9.60. The van der Waals surface area contributed by atoms with Gasteiger partial charge < -0.3 is 15.2 Å². The van der Waals surface area contributed by atoms with E-state index >= 15 is 0 Å². The lowest BCUT2D eigenvalue weighted by atomic mass is 10.4. The quantitative estimate of drug-likeness (QED) is 0.747. The number of aryl methyl sites for hydroxylation is 1. The fourth-order valence-electron chi connectivity index (χ4n) is 1.13. The molecule has 5 nitrogen and oxygen atoms in total. The lowest BCUT2D eigenvalue weighted by Crippen LogP contribution is -2.09. The highest BCUT2D eigenvalue weighted by molar-refractivity contribution is 5.83. The molecule has 0 bridgehead atoms. The van der Waals surface area contributed by atoms with Crippen molar-refractivity contribution in [3.8, 4) is 0 Å². The van der Waals surface area contributed by atoms with Crippen molar-refractivity contribution in [2.75, 3.05) is 19.8 Å². The molecule has 1 heterocycles. The number of hydrogen-bond donors (Lipinski definition) is 1. The average molecular weight is 207 g/mol. The Kier molecular flexibility index (Phi) is 3.49. The zero-order valence-corrected chi connectivity index (χ0v) is 9.60. The van der Waals surface area contributed by atoms with E-state index in [2.05, 4.69) is 9.98 Å². The highest BCUT2D eigenvalue weighted by Crippen LogP contribution is 2.06. The second-order valence-electron chi connectivity index (χ2n) is 3.43. The van der Waals surface area contributed by atoms with E-state index in [1.54, 1.807) is 17.1 Å². The predicted octanol–water partition coefficient (Wildman–Crippen LogP) is 0.844. The summed E-state index contributed by atoms with van der Waals surface area (Å²) in [6, 6.07) is 0. The van der Waals surface area contributed by atoms with E-state index < -0.39 is 0 Å². The van der Waals surface area contributed by atoms with Gasteiger partial charge in [0.2, 0.25) is 0 Å². The molecular weight excluding hydrogens is 190 g/mol. The first-order valence-electron chi connectivity index (χ1n) is 4.70. The monoisotopic (exact) mass is 207 g/mol. The molecule has 0 atom stereocenters. The molecule has 82 valence electrons. The van der Waals surface area contributed by atoms with Gasteiger partial charge >= 0.3 is 0 Å². The first kappa shape index (κ1) is 11.3. The highest BCUT2D eigenvalue weighted by atomic mass is 15.2. The van der Waals surface area contributed by atoms with E-state index in [0.717, 1.165) is 5.82 Å². The SMILES string of the molecule is C/C=C(\N=C/c1ncn(C)c1N)N(C)C. The molecule has 0 aromatic carbocycles. The van der Waals surface area contributed by atoms with Gasteiger partial charge in [-0.05, 0) is 13.0 Å². The summed E-state index contributed by atoms with van der Waals surface area (Å²) in [5, 5.41) is 0. The standard InChI is InChI=1S/C10H17N5/c1-5-9(14(2)3)12-6-8-10(11)15(4)7-13-8/h5-7H,11H2,1-4H3/b9-5+,12-6-. The van der Waals surface area contributed by atoms with Crippen LogP contribution in [-0.4, -0.2) is 34.8 Å². The van der Waals surface area contributed by atoms with Crippen molar-refractivity contribution in [2.45, 2.75) is 6.92 Å². The second-order valence-corrected chi connectivity index (χ2v) is 3.43. The van der Waals surface area contributed by atoms with E-state index in [0.29, 0.717) is 11.5 Å². The lowest BCUT2D eigenvalue weighted by Gasteiger charge is -2.11. The Bertz CT molecular complexity index is 387. The summed E-state index contributed by atoms with van der Waals surface area (Å²) >= 11 is 0. The van der Waals surface area contributed by atoms with Crippen molar-refractivity contribution in [3.05, 3.63) is 23.9 Å². The Labute approximate surface area is 89.9 Å². The number of aliphatic imine (C=N–C) groups is 1. The fourth-order valence-corrected chi connectivity index (χ4v) is 1.13. The van der Waals surface area contributed by atoms with E-state index in [1.165, 1.54) is 0 Å². The van der Waals surface area contributed by atoms with Crippen LogP contribution in [0.3, 0.4) is 0 Å². The van der Waals surface area contributed by atoms with Crippen LogP contribution in [0.5, 0.6) is 0 Å². The molecule has 0 amide bonds. The van der Waals surface area contributed by atoms with Gasteiger partial charge in [-0.2, -0.15) is 0 Å². The molecule has 1 aromatic heterocycles. The van der Waals surface area contributed by atoms with Crippen LogP contribution in [0.4, 0.5) is 5.82 Å². The lowest BCUT2D eigenvalue weighted by molar-refractivity contribution is 0.506. The van der Waals surface area contributed by atoms with Crippen LogP contribution in [-0.2, 0) is 7.05 Å². The van der Waals surface area contributed by atoms with Gasteiger partial charge in [-0.15, -0.1) is 0 Å². The number of aromatic nitrogens is 2. The Morgan fingerprint density at radius 1 is 1.60 bits per heavy atom. The third kappa shape index (κ3) is 2.59. The molecule has 5 heteroatoms. The fraction of sp³-hybridized carbons (Fsp3) is 0.400. The van der Waals surface area contributed by atoms with Crippen molar-refractivity contribution in [3.63, 3.8) is 0 Å². The van der Waals surface area contributed by atoms with Gasteiger partial charge in [0.05, 0.1) is 12.5 Å². The smallest absolute Gasteiger partial charge is 0.132 e. The van der Waals surface area contributed by atoms with Crippen molar-refractivity contribution in [1.82, 2.24) is 14.5 Å². The molecule has 0 radical (unpaired) electrons. The maximum Gasteiger partial charge on any atom is 0.132 e. The third-order valence-corrected chi connectivity index (χ3v) is 2.05. The summed E-state index contributed by atoms with van der Waals surface area (Å²) < 4.78 is 1.76. The number of nitrogens with two attached hydrogens (primary N) is 1. The van der Waals surface area contributed by atoms with Crippen LogP contribution in [0.2, 0.25) is 0 Å². The molecule has 0 spiro atoms. The van der Waals surface area contributed by atoms with E-state index in [9.17, 15) is 0 Å². The predicted molar refractivity (Wildman–Crippen MR) is 62.7 cm³/mol. The molecule has 15 heavy (non-hydrogen) atoms. The third-order valence-electron chi connectivity index (χ3n) is 2.05. The molecule has 0 saturated heterocycles. The van der Waals surface area contributed by atoms with Crippen LogP contribution in [0.1, 0.15) is 12.6 Å². The van der Waals surface area contributed by atoms with Crippen LogP contribution in [0.25, 0.3) is 0 Å². The molecule has 0 aliphatic heterocycles. The summed E-state index contributed by atoms with van der Waals surface area (Å²) in [6.45, 7) is 1.94. The van der Waals surface area contributed by atoms with Gasteiger partial charge in [-0.3, -0.25) is 0 Å². The minimum atomic E-state index is 0.618. The Hall–Kier alpha value is -1.78. The number of anilines is 1. The maximum absolute atomic E-state index is 5.78. The van der Waals surface area contributed by atoms with Crippen molar-refractivity contribution < 1.29 is 0 Å². The van der Waals surface area contributed by atoms with Crippen LogP contribution in [0, 0.1) is 0 Å². The number of nitrogens with zero attached hydrogens (tertiary/aromatic N) is 4. The minimum absolute atomic E-state index is 0.618. The Morgan fingerprint density at radius 3 is 2.67 bits per heavy atom. The summed E-state index contributed by atoms with van der Waals surface area (Å²) in [5.74, 6) is 1.49. The van der Waals surface area contributed by atoms with Gasteiger partial charge in [0.15, 0.2) is 0 Å². The van der Waals surface area contributed by atoms with Crippen LogP contribution < -0.4 is 5.73 Å². The number of hydrogen-bond acceptors (Lipinski definition) is 4. The molecule has 1 rings (SSSR count). The largest absolute Gasteiger partial charge is 0.383 e. The number of imidazole rings is 1. The van der Waals surface area contributed by atoms with Crippen LogP contribution >= 0.6 is 0 Å². The van der Waals surface area contributed by atoms with Crippen molar-refractivity contribution in [1.29, 1.82) is 0 Å². The number of allylic oxidation sites excluding steroid dienone is 1. The van der Waals surface area contributed by atoms with E-state index in [-0.39, 0.29) is 0 Å². The molecule has 0 aliphatic rings. The van der Waals surface area contributed by atoms with Gasteiger partial charge in [-0.25, -0.2) is 9.98 Å². The zero-order chi connectivity index (χ0) is 11.4. The first-order valence-corrected chi connectivity index (χ1v) is 4.70. The van der Waals surface area contributed by atoms with Crippen molar-refractivity contribution in [2.24, 2.45) is 12.0 Å². The van der Waals surface area contributed by atoms with Gasteiger partial charge in [-0.1, -0.05) is 0 Å². The number of nitrogen functional groups attached to an aromatic ring is 1. The normalized spacial score (nSPS) is 12.4. The van der Waals surface area contributed by atoms with Crippen LogP contribution in [0.15, 0.2) is 23.2 Å². The van der Waals surface area contributed by atoms with Gasteiger partial charge in [0.1, 0.15) is 17.3 Å². The number of rotatable bonds is 3. The maximum atomic E-state index is 5.78.